The van der Waals surface area contributed by atoms with Crippen LogP contribution in [-0.2, 0) is 0 Å². The van der Waals surface area contributed by atoms with E-state index >= 15 is 0 Å². The van der Waals surface area contributed by atoms with Crippen molar-refractivity contribution in [2.45, 2.75) is 6.92 Å². The number of aryl methyl sites for hydroxylation is 1. The molecule has 2 aromatic rings. The van der Waals surface area contributed by atoms with Gasteiger partial charge < -0.3 is 5.32 Å². The third-order valence-electron chi connectivity index (χ3n) is 2.21. The van der Waals surface area contributed by atoms with Crippen LogP contribution in [0.1, 0.15) is 15.4 Å². The first-order chi connectivity index (χ1) is 9.08. The van der Waals surface area contributed by atoms with Gasteiger partial charge in [0.1, 0.15) is 10.7 Å². The smallest absolute Gasteiger partial charge is 0.305 e. The highest BCUT2D eigenvalue weighted by atomic mass is 32.1. The van der Waals surface area contributed by atoms with Crippen molar-refractivity contribution in [3.63, 3.8) is 0 Å². The van der Waals surface area contributed by atoms with Crippen LogP contribution in [0.2, 0.25) is 0 Å². The fourth-order valence-electron chi connectivity index (χ4n) is 1.32. The number of amides is 3. The van der Waals surface area contributed by atoms with Crippen molar-refractivity contribution >= 4 is 29.2 Å². The molecule has 0 aliphatic heterocycles. The fraction of sp³-hybridized carbons (Fsp3) is 0.0909. The Balaban J connectivity index is 2.01. The number of anilines is 1. The first-order valence-electron chi connectivity index (χ1n) is 5.23. The number of urea groups is 1. The maximum absolute atomic E-state index is 13.3. The van der Waals surface area contributed by atoms with Gasteiger partial charge >= 0.3 is 6.03 Å². The van der Waals surface area contributed by atoms with Crippen LogP contribution in [-0.4, -0.2) is 21.5 Å². The van der Waals surface area contributed by atoms with Crippen molar-refractivity contribution < 1.29 is 14.0 Å². The molecule has 3 amide bonds. The molecule has 0 spiro atoms. The molecule has 0 unspecified atom stereocenters. The molecule has 1 aromatic carbocycles. The van der Waals surface area contributed by atoms with Gasteiger partial charge in [-0.15, -0.1) is 5.10 Å². The van der Waals surface area contributed by atoms with Gasteiger partial charge in [0.2, 0.25) is 0 Å². The molecule has 0 bridgehead atoms. The van der Waals surface area contributed by atoms with E-state index in [1.165, 1.54) is 18.2 Å². The van der Waals surface area contributed by atoms with Crippen molar-refractivity contribution in [3.05, 3.63) is 40.7 Å². The van der Waals surface area contributed by atoms with Crippen LogP contribution in [0.25, 0.3) is 0 Å². The van der Waals surface area contributed by atoms with E-state index in [0.717, 1.165) is 11.5 Å². The largest absolute Gasteiger partial charge is 0.326 e. The Bertz CT molecular complexity index is 629. The number of aromatic nitrogens is 2. The first-order valence-corrected chi connectivity index (χ1v) is 6.01. The number of hydrogen-bond donors (Lipinski definition) is 2. The molecular weight excluding hydrogens is 271 g/mol. The number of carbonyl (C=O) groups excluding carboxylic acids is 2. The van der Waals surface area contributed by atoms with Gasteiger partial charge in [-0.25, -0.2) is 9.18 Å². The average molecular weight is 280 g/mol. The van der Waals surface area contributed by atoms with Gasteiger partial charge in [0.15, 0.2) is 0 Å². The lowest BCUT2D eigenvalue weighted by atomic mass is 10.3. The number of para-hydroxylation sites is 1. The fourth-order valence-corrected chi connectivity index (χ4v) is 1.87. The Morgan fingerprint density at radius 2 is 2.05 bits per heavy atom. The molecule has 0 atom stereocenters. The SMILES string of the molecule is Cc1nnsc1C(=O)NC(=O)Nc1ccccc1F. The second-order valence-corrected chi connectivity index (χ2v) is 4.33. The third kappa shape index (κ3) is 3.10. The molecule has 8 heteroatoms. The van der Waals surface area contributed by atoms with Crippen LogP contribution in [0.4, 0.5) is 14.9 Å². The number of rotatable bonds is 2. The zero-order valence-corrected chi connectivity index (χ0v) is 10.6. The highest BCUT2D eigenvalue weighted by Crippen LogP contribution is 2.12. The first kappa shape index (κ1) is 13.1. The quantitative estimate of drug-likeness (QED) is 0.880. The van der Waals surface area contributed by atoms with E-state index in [1.807, 2.05) is 0 Å². The summed E-state index contributed by atoms with van der Waals surface area (Å²) in [4.78, 5) is 23.5. The number of hydrogen-bond acceptors (Lipinski definition) is 5. The Hall–Kier alpha value is -2.35. The number of nitrogens with zero attached hydrogens (tertiary/aromatic N) is 2. The summed E-state index contributed by atoms with van der Waals surface area (Å²) >= 11 is 0.882. The Kier molecular flexibility index (Phi) is 3.81. The molecule has 1 heterocycles. The predicted molar refractivity (Wildman–Crippen MR) is 67.5 cm³/mol. The standard InChI is InChI=1S/C11H9FN4O2S/c1-6-9(19-16-15-6)10(17)14-11(18)13-8-5-3-2-4-7(8)12/h2-5H,1H3,(H2,13,14,17,18). The molecule has 0 aliphatic rings. The third-order valence-corrected chi connectivity index (χ3v) is 3.03. The summed E-state index contributed by atoms with van der Waals surface area (Å²) in [5.41, 5.74) is 0.424. The molecule has 0 saturated carbocycles. The summed E-state index contributed by atoms with van der Waals surface area (Å²) in [5.74, 6) is -1.21. The van der Waals surface area contributed by atoms with Crippen molar-refractivity contribution in [2.24, 2.45) is 0 Å². The van der Waals surface area contributed by atoms with E-state index in [2.05, 4.69) is 20.2 Å². The molecule has 6 nitrogen and oxygen atoms in total. The maximum atomic E-state index is 13.3. The van der Waals surface area contributed by atoms with Gasteiger partial charge in [-0.2, -0.15) is 0 Å². The lowest BCUT2D eigenvalue weighted by molar-refractivity contribution is 0.0970. The Morgan fingerprint density at radius 3 is 2.68 bits per heavy atom. The highest BCUT2D eigenvalue weighted by Gasteiger charge is 2.16. The van der Waals surface area contributed by atoms with E-state index < -0.39 is 17.8 Å². The van der Waals surface area contributed by atoms with Gasteiger partial charge in [-0.05, 0) is 30.6 Å². The lowest BCUT2D eigenvalue weighted by Gasteiger charge is -2.06. The predicted octanol–water partition coefficient (Wildman–Crippen LogP) is 1.95. The summed E-state index contributed by atoms with van der Waals surface area (Å²) in [5, 5.41) is 7.97. The molecule has 2 rings (SSSR count). The van der Waals surface area contributed by atoms with E-state index in [1.54, 1.807) is 13.0 Å². The van der Waals surface area contributed by atoms with Gasteiger partial charge in [-0.3, -0.25) is 10.1 Å². The van der Waals surface area contributed by atoms with Crippen LogP contribution in [0, 0.1) is 12.7 Å². The molecule has 0 aliphatic carbocycles. The second-order valence-electron chi connectivity index (χ2n) is 3.58. The number of halogens is 1. The molecule has 0 fully saturated rings. The van der Waals surface area contributed by atoms with Gasteiger partial charge in [0.25, 0.3) is 5.91 Å². The van der Waals surface area contributed by atoms with E-state index in [0.29, 0.717) is 5.69 Å². The van der Waals surface area contributed by atoms with Gasteiger partial charge in [0, 0.05) is 0 Å². The van der Waals surface area contributed by atoms with E-state index in [9.17, 15) is 14.0 Å². The van der Waals surface area contributed by atoms with Crippen LogP contribution in [0.15, 0.2) is 24.3 Å². The topological polar surface area (TPSA) is 84.0 Å². The minimum atomic E-state index is -0.817. The van der Waals surface area contributed by atoms with E-state index in [-0.39, 0.29) is 10.6 Å². The zero-order valence-electron chi connectivity index (χ0n) is 9.81. The molecular formula is C11H9FN4O2S. The zero-order chi connectivity index (χ0) is 13.8. The van der Waals surface area contributed by atoms with Gasteiger partial charge in [0.05, 0.1) is 11.4 Å². The number of benzene rings is 1. The minimum Gasteiger partial charge on any atom is -0.305 e. The van der Waals surface area contributed by atoms with Crippen molar-refractivity contribution in [2.75, 3.05) is 5.32 Å². The van der Waals surface area contributed by atoms with Crippen molar-refractivity contribution in [1.29, 1.82) is 0 Å². The Morgan fingerprint density at radius 1 is 1.32 bits per heavy atom. The summed E-state index contributed by atoms with van der Waals surface area (Å²) in [6.45, 7) is 1.60. The molecule has 1 aromatic heterocycles. The van der Waals surface area contributed by atoms with E-state index in [4.69, 9.17) is 0 Å². The van der Waals surface area contributed by atoms with Crippen LogP contribution >= 0.6 is 11.5 Å². The van der Waals surface area contributed by atoms with Crippen molar-refractivity contribution in [3.8, 4) is 0 Å². The average Bonchev–Trinajstić information content (AvgIpc) is 2.78. The van der Waals surface area contributed by atoms with Crippen molar-refractivity contribution in [1.82, 2.24) is 14.9 Å². The second kappa shape index (κ2) is 5.53. The molecule has 0 saturated heterocycles. The summed E-state index contributed by atoms with van der Waals surface area (Å²) < 4.78 is 16.9. The van der Waals surface area contributed by atoms with Crippen LogP contribution in [0.5, 0.6) is 0 Å². The van der Waals surface area contributed by atoms with Crippen LogP contribution in [0.3, 0.4) is 0 Å². The molecule has 0 radical (unpaired) electrons. The Labute approximate surface area is 111 Å². The van der Waals surface area contributed by atoms with Gasteiger partial charge in [-0.1, -0.05) is 16.6 Å². The molecule has 19 heavy (non-hydrogen) atoms. The number of carbonyl (C=O) groups is 2. The normalized spacial score (nSPS) is 10.0. The maximum Gasteiger partial charge on any atom is 0.326 e. The summed E-state index contributed by atoms with van der Waals surface area (Å²) in [6.07, 6.45) is 0. The lowest BCUT2D eigenvalue weighted by Crippen LogP contribution is -2.34. The molecule has 2 N–H and O–H groups in total. The summed E-state index contributed by atoms with van der Waals surface area (Å²) in [7, 11) is 0. The van der Waals surface area contributed by atoms with Crippen LogP contribution < -0.4 is 10.6 Å². The highest BCUT2D eigenvalue weighted by molar-refractivity contribution is 7.08. The molecule has 98 valence electrons. The number of imide groups is 1. The number of nitrogens with one attached hydrogen (secondary N) is 2. The summed E-state index contributed by atoms with van der Waals surface area (Å²) in [6, 6.07) is 4.84. The monoisotopic (exact) mass is 280 g/mol. The minimum absolute atomic E-state index is 0.00745.